The van der Waals surface area contributed by atoms with Crippen molar-refractivity contribution in [1.82, 2.24) is 0 Å². The van der Waals surface area contributed by atoms with Gasteiger partial charge in [0.05, 0.1) is 6.10 Å². The Kier molecular flexibility index (Phi) is 11.9. The van der Waals surface area contributed by atoms with Crippen molar-refractivity contribution in [3.63, 3.8) is 0 Å². The van der Waals surface area contributed by atoms with E-state index in [4.69, 9.17) is 14.6 Å². The number of carboxylic acid groups (broad SMARTS) is 1. The van der Waals surface area contributed by atoms with E-state index in [1.54, 1.807) is 14.2 Å². The molecule has 2 N–H and O–H groups in total. The third-order valence-corrected chi connectivity index (χ3v) is 6.06. The van der Waals surface area contributed by atoms with Gasteiger partial charge in [-0.15, -0.1) is 0 Å². The zero-order chi connectivity index (χ0) is 20.1. The predicted molar refractivity (Wildman–Crippen MR) is 108 cm³/mol. The molecule has 0 aliphatic heterocycles. The summed E-state index contributed by atoms with van der Waals surface area (Å²) >= 11 is 0. The minimum atomic E-state index is -0.735. The molecule has 0 aromatic heterocycles. The van der Waals surface area contributed by atoms with Crippen molar-refractivity contribution >= 4 is 5.97 Å². The molecule has 0 spiro atoms. The maximum Gasteiger partial charge on any atom is 0.303 e. The molecule has 5 nitrogen and oxygen atoms in total. The SMILES string of the molecule is CCCCCC(CC[C@@H]1C(C/C=C\CCCC(=O)O)CC[C@H]1O)(OC)OC. The van der Waals surface area contributed by atoms with Gasteiger partial charge in [0.15, 0.2) is 5.79 Å². The first-order valence-electron chi connectivity index (χ1n) is 10.6. The second-order valence-corrected chi connectivity index (χ2v) is 7.88. The second-order valence-electron chi connectivity index (χ2n) is 7.88. The lowest BCUT2D eigenvalue weighted by Gasteiger charge is -2.33. The van der Waals surface area contributed by atoms with Gasteiger partial charge >= 0.3 is 5.97 Å². The van der Waals surface area contributed by atoms with Crippen molar-refractivity contribution in [3.05, 3.63) is 12.2 Å². The van der Waals surface area contributed by atoms with Crippen LogP contribution in [0.4, 0.5) is 0 Å². The highest BCUT2D eigenvalue weighted by molar-refractivity contribution is 5.66. The fraction of sp³-hybridized carbons (Fsp3) is 0.864. The van der Waals surface area contributed by atoms with Crippen LogP contribution in [0.25, 0.3) is 0 Å². The number of ether oxygens (including phenoxy) is 2. The molecule has 1 aliphatic rings. The van der Waals surface area contributed by atoms with Gasteiger partial charge in [0.2, 0.25) is 0 Å². The number of hydrogen-bond donors (Lipinski definition) is 2. The number of aliphatic hydroxyl groups is 1. The molecule has 0 aromatic carbocycles. The van der Waals surface area contributed by atoms with E-state index in [1.165, 1.54) is 12.8 Å². The fourth-order valence-electron chi connectivity index (χ4n) is 4.26. The first-order valence-corrected chi connectivity index (χ1v) is 10.6. The van der Waals surface area contributed by atoms with Gasteiger partial charge in [-0.3, -0.25) is 4.79 Å². The summed E-state index contributed by atoms with van der Waals surface area (Å²) in [5.74, 6) is -0.502. The number of rotatable bonds is 15. The normalized spacial score (nSPS) is 23.3. The van der Waals surface area contributed by atoms with Crippen LogP contribution in [0.5, 0.6) is 0 Å². The Morgan fingerprint density at radius 2 is 1.85 bits per heavy atom. The monoisotopic (exact) mass is 384 g/mol. The number of methoxy groups -OCH3 is 2. The summed E-state index contributed by atoms with van der Waals surface area (Å²) in [5, 5.41) is 19.1. The summed E-state index contributed by atoms with van der Waals surface area (Å²) in [4.78, 5) is 10.5. The number of aliphatic hydroxyl groups excluding tert-OH is 1. The van der Waals surface area contributed by atoms with Gasteiger partial charge in [0, 0.05) is 33.5 Å². The molecule has 3 atom stereocenters. The quantitative estimate of drug-likeness (QED) is 0.238. The fourth-order valence-corrected chi connectivity index (χ4v) is 4.26. The van der Waals surface area contributed by atoms with Gasteiger partial charge in [-0.1, -0.05) is 31.9 Å². The number of allylic oxidation sites excluding steroid dienone is 2. The minimum Gasteiger partial charge on any atom is -0.481 e. The van der Waals surface area contributed by atoms with Crippen LogP contribution < -0.4 is 0 Å². The molecule has 0 saturated heterocycles. The van der Waals surface area contributed by atoms with Gasteiger partial charge < -0.3 is 19.7 Å². The standard InChI is InChI=1S/C22H40O5/c1-4-5-10-16-22(26-2,27-3)17-15-19-18(13-14-20(19)23)11-8-6-7-9-12-21(24)25/h6,8,18-20,23H,4-5,7,9-17H2,1-3H3,(H,24,25)/b8-6-/t18?,19-,20-/m1/s1. The Labute approximate surface area is 165 Å². The van der Waals surface area contributed by atoms with Crippen LogP contribution in [-0.2, 0) is 14.3 Å². The summed E-state index contributed by atoms with van der Waals surface area (Å²) < 4.78 is 11.5. The lowest BCUT2D eigenvalue weighted by molar-refractivity contribution is -0.218. The lowest BCUT2D eigenvalue weighted by atomic mass is 9.85. The Balaban J connectivity index is 2.49. The highest BCUT2D eigenvalue weighted by Gasteiger charge is 2.37. The first-order chi connectivity index (χ1) is 13.0. The molecule has 1 unspecified atom stereocenters. The van der Waals surface area contributed by atoms with Crippen molar-refractivity contribution in [2.45, 2.75) is 95.9 Å². The van der Waals surface area contributed by atoms with E-state index in [9.17, 15) is 9.90 Å². The molecule has 0 amide bonds. The zero-order valence-corrected chi connectivity index (χ0v) is 17.5. The molecule has 1 rings (SSSR count). The molecule has 0 aromatic rings. The number of aliphatic carboxylic acids is 1. The van der Waals surface area contributed by atoms with Crippen molar-refractivity contribution < 1.29 is 24.5 Å². The number of carboxylic acids is 1. The molecule has 1 saturated carbocycles. The summed E-state index contributed by atoms with van der Waals surface area (Å²) in [7, 11) is 3.44. The topological polar surface area (TPSA) is 76.0 Å². The van der Waals surface area contributed by atoms with Crippen LogP contribution >= 0.6 is 0 Å². The van der Waals surface area contributed by atoms with Gasteiger partial charge in [0.1, 0.15) is 0 Å². The average molecular weight is 385 g/mol. The van der Waals surface area contributed by atoms with Crippen LogP contribution in [0.3, 0.4) is 0 Å². The molecule has 0 bridgehead atoms. The Morgan fingerprint density at radius 1 is 1.11 bits per heavy atom. The molecule has 1 aliphatic carbocycles. The van der Waals surface area contributed by atoms with Gasteiger partial charge in [-0.05, 0) is 56.8 Å². The molecule has 1 fully saturated rings. The summed E-state index contributed by atoms with van der Waals surface area (Å²) in [5.41, 5.74) is 0. The van der Waals surface area contributed by atoms with Crippen molar-refractivity contribution in [1.29, 1.82) is 0 Å². The maximum absolute atomic E-state index is 10.5. The molecule has 158 valence electrons. The van der Waals surface area contributed by atoms with Gasteiger partial charge in [-0.25, -0.2) is 0 Å². The van der Waals surface area contributed by atoms with Crippen LogP contribution in [0, 0.1) is 11.8 Å². The lowest BCUT2D eigenvalue weighted by Crippen LogP contribution is -2.35. The largest absolute Gasteiger partial charge is 0.481 e. The summed E-state index contributed by atoms with van der Waals surface area (Å²) in [6, 6.07) is 0. The average Bonchev–Trinajstić information content (AvgIpc) is 3.01. The van der Waals surface area contributed by atoms with Crippen LogP contribution in [0.2, 0.25) is 0 Å². The molecule has 27 heavy (non-hydrogen) atoms. The highest BCUT2D eigenvalue weighted by atomic mass is 16.7. The molecular formula is C22H40O5. The Morgan fingerprint density at radius 3 is 2.48 bits per heavy atom. The molecule has 0 heterocycles. The van der Waals surface area contributed by atoms with E-state index in [2.05, 4.69) is 19.1 Å². The number of carbonyl (C=O) groups is 1. The van der Waals surface area contributed by atoms with Crippen molar-refractivity contribution in [3.8, 4) is 0 Å². The minimum absolute atomic E-state index is 0.225. The Hall–Kier alpha value is -0.910. The molecule has 5 heteroatoms. The van der Waals surface area contributed by atoms with Crippen LogP contribution in [0.1, 0.15) is 84.0 Å². The van der Waals surface area contributed by atoms with Crippen LogP contribution in [-0.4, -0.2) is 42.3 Å². The maximum atomic E-state index is 10.5. The third kappa shape index (κ3) is 8.75. The van der Waals surface area contributed by atoms with E-state index in [0.717, 1.165) is 51.4 Å². The Bertz CT molecular complexity index is 430. The highest BCUT2D eigenvalue weighted by Crippen LogP contribution is 2.40. The smallest absolute Gasteiger partial charge is 0.303 e. The summed E-state index contributed by atoms with van der Waals surface area (Å²) in [6.45, 7) is 2.19. The second kappa shape index (κ2) is 13.3. The number of hydrogen-bond acceptors (Lipinski definition) is 4. The predicted octanol–water partition coefficient (Wildman–Crippen LogP) is 4.92. The van der Waals surface area contributed by atoms with Crippen molar-refractivity contribution in [2.24, 2.45) is 11.8 Å². The number of unbranched alkanes of at least 4 members (excludes halogenated alkanes) is 3. The first kappa shape index (κ1) is 24.1. The molecule has 0 radical (unpaired) electrons. The third-order valence-electron chi connectivity index (χ3n) is 6.06. The van der Waals surface area contributed by atoms with Crippen LogP contribution in [0.15, 0.2) is 12.2 Å². The van der Waals surface area contributed by atoms with Crippen molar-refractivity contribution in [2.75, 3.05) is 14.2 Å². The van der Waals surface area contributed by atoms with Gasteiger partial charge in [0.25, 0.3) is 0 Å². The van der Waals surface area contributed by atoms with Gasteiger partial charge in [-0.2, -0.15) is 0 Å². The molecular weight excluding hydrogens is 344 g/mol. The van der Waals surface area contributed by atoms with E-state index < -0.39 is 11.8 Å². The zero-order valence-electron chi connectivity index (χ0n) is 17.5. The van der Waals surface area contributed by atoms with E-state index >= 15 is 0 Å². The van der Waals surface area contributed by atoms with E-state index in [1.807, 2.05) is 0 Å². The van der Waals surface area contributed by atoms with E-state index in [-0.39, 0.29) is 18.4 Å². The van der Waals surface area contributed by atoms with E-state index in [0.29, 0.717) is 12.3 Å². The summed E-state index contributed by atoms with van der Waals surface area (Å²) in [6.07, 6.45) is 14.7.